The van der Waals surface area contributed by atoms with Crippen molar-refractivity contribution < 1.29 is 32.4 Å². The molecule has 1 atom stereocenters. The maximum atomic E-state index is 13.2. The third-order valence-electron chi connectivity index (χ3n) is 4.66. The molecule has 0 aliphatic heterocycles. The number of nitro benzene ring substituents is 1. The van der Waals surface area contributed by atoms with Gasteiger partial charge in [-0.2, -0.15) is 13.2 Å². The van der Waals surface area contributed by atoms with Crippen LogP contribution in [0.3, 0.4) is 0 Å². The molecule has 1 heterocycles. The number of carbonyl (C=O) groups excluding carboxylic acids is 2. The number of carbonyl (C=O) groups is 2. The van der Waals surface area contributed by atoms with Crippen LogP contribution >= 0.6 is 11.3 Å². The van der Waals surface area contributed by atoms with Crippen molar-refractivity contribution in [3.05, 3.63) is 55.3 Å². The predicted molar refractivity (Wildman–Crippen MR) is 103 cm³/mol. The number of nitro groups is 1. The predicted octanol–water partition coefficient (Wildman–Crippen LogP) is 4.60. The second kappa shape index (κ2) is 8.42. The van der Waals surface area contributed by atoms with E-state index >= 15 is 0 Å². The van der Waals surface area contributed by atoms with Crippen molar-refractivity contribution in [2.75, 3.05) is 11.9 Å². The summed E-state index contributed by atoms with van der Waals surface area (Å²) in [6.07, 6.45) is -2.16. The summed E-state index contributed by atoms with van der Waals surface area (Å²) in [6, 6.07) is 3.69. The van der Waals surface area contributed by atoms with Crippen molar-refractivity contribution in [3.63, 3.8) is 0 Å². The van der Waals surface area contributed by atoms with Crippen LogP contribution in [0.25, 0.3) is 0 Å². The molecule has 1 aromatic carbocycles. The number of fused-ring (bicyclic) bond motifs is 1. The third kappa shape index (κ3) is 4.96. The molecule has 30 heavy (non-hydrogen) atoms. The Morgan fingerprint density at radius 2 is 2.07 bits per heavy atom. The van der Waals surface area contributed by atoms with Gasteiger partial charge in [-0.3, -0.25) is 14.9 Å². The molecule has 0 spiro atoms. The molecule has 0 fully saturated rings. The van der Waals surface area contributed by atoms with Gasteiger partial charge < -0.3 is 10.1 Å². The van der Waals surface area contributed by atoms with Crippen molar-refractivity contribution in [1.29, 1.82) is 0 Å². The quantitative estimate of drug-likeness (QED) is 0.415. The minimum Gasteiger partial charge on any atom is -0.451 e. The molecule has 1 amide bonds. The number of thiophene rings is 1. The van der Waals surface area contributed by atoms with Crippen LogP contribution in [-0.4, -0.2) is 23.4 Å². The number of halogens is 3. The summed E-state index contributed by atoms with van der Waals surface area (Å²) in [5, 5.41) is 12.7. The molecule has 11 heteroatoms. The lowest BCUT2D eigenvalue weighted by Gasteiger charge is -2.16. The lowest BCUT2D eigenvalue weighted by molar-refractivity contribution is -0.385. The van der Waals surface area contributed by atoms with E-state index in [0.29, 0.717) is 16.9 Å². The maximum absolute atomic E-state index is 13.2. The van der Waals surface area contributed by atoms with Crippen molar-refractivity contribution in [1.82, 2.24) is 0 Å². The fourth-order valence-corrected chi connectivity index (χ4v) is 4.29. The van der Waals surface area contributed by atoms with Gasteiger partial charge in [-0.05, 0) is 42.9 Å². The van der Waals surface area contributed by atoms with Crippen molar-refractivity contribution >= 4 is 34.6 Å². The molecule has 0 bridgehead atoms. The summed E-state index contributed by atoms with van der Waals surface area (Å²) in [5.74, 6) is -1.19. The Bertz CT molecular complexity index is 1000. The monoisotopic (exact) mass is 442 g/mol. The van der Waals surface area contributed by atoms with E-state index in [2.05, 4.69) is 6.92 Å². The van der Waals surface area contributed by atoms with Gasteiger partial charge in [0.2, 0.25) is 0 Å². The molecule has 0 unspecified atom stereocenters. The summed E-state index contributed by atoms with van der Waals surface area (Å²) in [6.45, 7) is 1.34. The van der Waals surface area contributed by atoms with Gasteiger partial charge >= 0.3 is 12.1 Å². The topological polar surface area (TPSA) is 98.5 Å². The molecule has 1 aliphatic carbocycles. The highest BCUT2D eigenvalue weighted by Gasteiger charge is 2.35. The van der Waals surface area contributed by atoms with Crippen molar-refractivity contribution in [2.24, 2.45) is 5.92 Å². The summed E-state index contributed by atoms with van der Waals surface area (Å²) < 4.78 is 44.4. The van der Waals surface area contributed by atoms with E-state index in [-0.39, 0.29) is 0 Å². The zero-order chi connectivity index (χ0) is 22.1. The smallest absolute Gasteiger partial charge is 0.418 e. The second-order valence-electron chi connectivity index (χ2n) is 7.02. The molecular formula is C19H17F3N2O5S. The van der Waals surface area contributed by atoms with E-state index in [1.165, 1.54) is 11.3 Å². The van der Waals surface area contributed by atoms with Gasteiger partial charge in [-0.15, -0.1) is 11.3 Å². The summed E-state index contributed by atoms with van der Waals surface area (Å²) in [4.78, 5) is 35.4. The molecule has 3 rings (SSSR count). The van der Waals surface area contributed by atoms with Gasteiger partial charge in [0.25, 0.3) is 11.6 Å². The summed E-state index contributed by atoms with van der Waals surface area (Å²) in [5.41, 5.74) is -1.70. The number of alkyl halides is 3. The van der Waals surface area contributed by atoms with Crippen molar-refractivity contribution in [2.45, 2.75) is 32.4 Å². The minimum atomic E-state index is -4.92. The van der Waals surface area contributed by atoms with E-state index in [4.69, 9.17) is 4.74 Å². The van der Waals surface area contributed by atoms with E-state index in [0.717, 1.165) is 41.8 Å². The van der Waals surface area contributed by atoms with Gasteiger partial charge in [-0.1, -0.05) is 6.92 Å². The Kier molecular flexibility index (Phi) is 6.11. The Morgan fingerprint density at radius 3 is 2.73 bits per heavy atom. The molecular weight excluding hydrogens is 425 g/mol. The minimum absolute atomic E-state index is 0.332. The zero-order valence-corrected chi connectivity index (χ0v) is 16.6. The normalized spacial score (nSPS) is 15.9. The number of aryl methyl sites for hydroxylation is 1. The van der Waals surface area contributed by atoms with E-state index in [9.17, 15) is 32.9 Å². The SMILES string of the molecule is C[C@H]1CCc2sc(C(=O)OCC(=O)Nc3ccc([N+](=O)[O-])cc3C(F)(F)F)cc2C1. The first kappa shape index (κ1) is 21.8. The van der Waals surface area contributed by atoms with Crippen LogP contribution in [0.1, 0.15) is 39.0 Å². The number of amides is 1. The van der Waals surface area contributed by atoms with Crippen LogP contribution in [0.4, 0.5) is 24.5 Å². The van der Waals surface area contributed by atoms with E-state index < -0.39 is 46.5 Å². The number of ether oxygens (including phenoxy) is 1. The first-order valence-corrected chi connectivity index (χ1v) is 9.80. The molecule has 7 nitrogen and oxygen atoms in total. The Balaban J connectivity index is 1.65. The van der Waals surface area contributed by atoms with Gasteiger partial charge in [0.05, 0.1) is 16.2 Å². The van der Waals surface area contributed by atoms with Gasteiger partial charge in [0.15, 0.2) is 6.61 Å². The number of nitrogens with zero attached hydrogens (tertiary/aromatic N) is 1. The molecule has 2 aromatic rings. The van der Waals surface area contributed by atoms with Crippen LogP contribution in [0.2, 0.25) is 0 Å². The average Bonchev–Trinajstić information content (AvgIpc) is 3.08. The lowest BCUT2D eigenvalue weighted by atomic mass is 9.90. The molecule has 160 valence electrons. The van der Waals surface area contributed by atoms with Crippen LogP contribution in [0.15, 0.2) is 24.3 Å². The standard InChI is InChI=1S/C19H17F3N2O5S/c1-10-2-5-15-11(6-10)7-16(30-15)18(26)29-9-17(25)23-14-4-3-12(24(27)28)8-13(14)19(20,21)22/h3-4,7-8,10H,2,5-6,9H2,1H3,(H,23,25)/t10-/m0/s1. The van der Waals surface area contributed by atoms with Gasteiger partial charge in [-0.25, -0.2) is 4.79 Å². The van der Waals surface area contributed by atoms with Gasteiger partial charge in [0.1, 0.15) is 4.88 Å². The molecule has 1 N–H and O–H groups in total. The van der Waals surface area contributed by atoms with Crippen LogP contribution in [-0.2, 0) is 28.5 Å². The number of anilines is 1. The first-order chi connectivity index (χ1) is 14.0. The van der Waals surface area contributed by atoms with Gasteiger partial charge in [0, 0.05) is 17.0 Å². The highest BCUT2D eigenvalue weighted by molar-refractivity contribution is 7.14. The van der Waals surface area contributed by atoms with E-state index in [1.54, 1.807) is 6.07 Å². The number of rotatable bonds is 5. The fraction of sp³-hybridized carbons (Fsp3) is 0.368. The summed E-state index contributed by atoms with van der Waals surface area (Å²) >= 11 is 1.29. The number of non-ortho nitro benzene ring substituents is 1. The molecule has 1 aromatic heterocycles. The number of nitrogens with one attached hydrogen (secondary N) is 1. The fourth-order valence-electron chi connectivity index (χ4n) is 3.18. The lowest BCUT2D eigenvalue weighted by Crippen LogP contribution is -2.22. The Labute approximate surface area is 173 Å². The average molecular weight is 442 g/mol. The van der Waals surface area contributed by atoms with Crippen molar-refractivity contribution in [3.8, 4) is 0 Å². The number of hydrogen-bond donors (Lipinski definition) is 1. The maximum Gasteiger partial charge on any atom is 0.418 e. The number of esters is 1. The third-order valence-corrected chi connectivity index (χ3v) is 5.88. The molecule has 0 saturated heterocycles. The number of benzene rings is 1. The van der Waals surface area contributed by atoms with Crippen LogP contribution in [0.5, 0.6) is 0 Å². The molecule has 0 saturated carbocycles. The Hall–Kier alpha value is -2.95. The zero-order valence-electron chi connectivity index (χ0n) is 15.7. The summed E-state index contributed by atoms with van der Waals surface area (Å²) in [7, 11) is 0. The molecule has 1 aliphatic rings. The van der Waals surface area contributed by atoms with E-state index in [1.807, 2.05) is 5.32 Å². The largest absolute Gasteiger partial charge is 0.451 e. The van der Waals surface area contributed by atoms with Crippen LogP contribution in [0, 0.1) is 16.0 Å². The molecule has 0 radical (unpaired) electrons. The Morgan fingerprint density at radius 1 is 1.33 bits per heavy atom. The second-order valence-corrected chi connectivity index (χ2v) is 8.15. The number of hydrogen-bond acceptors (Lipinski definition) is 6. The highest BCUT2D eigenvalue weighted by atomic mass is 32.1. The van der Waals surface area contributed by atoms with Crippen LogP contribution < -0.4 is 5.32 Å². The first-order valence-electron chi connectivity index (χ1n) is 8.98. The highest BCUT2D eigenvalue weighted by Crippen LogP contribution is 2.37.